The second-order valence-corrected chi connectivity index (χ2v) is 6.81. The van der Waals surface area contributed by atoms with Gasteiger partial charge in [0.05, 0.1) is 28.8 Å². The number of hydrogen-bond acceptors (Lipinski definition) is 6. The van der Waals surface area contributed by atoms with Crippen LogP contribution in [0.25, 0.3) is 10.9 Å². The largest absolute Gasteiger partial charge is 0.491 e. The first kappa shape index (κ1) is 17.9. The Hall–Kier alpha value is -2.48. The summed E-state index contributed by atoms with van der Waals surface area (Å²) >= 11 is 12.0. The summed E-state index contributed by atoms with van der Waals surface area (Å²) in [4.78, 5) is 16.8. The highest BCUT2D eigenvalue weighted by Gasteiger charge is 2.15. The van der Waals surface area contributed by atoms with Crippen molar-refractivity contribution in [2.24, 2.45) is 0 Å². The summed E-state index contributed by atoms with van der Waals surface area (Å²) < 4.78 is 17.4. The predicted octanol–water partition coefficient (Wildman–Crippen LogP) is 2.87. The fourth-order valence-corrected chi connectivity index (χ4v) is 3.31. The molecule has 7 nitrogen and oxygen atoms in total. The lowest BCUT2D eigenvalue weighted by Crippen LogP contribution is -2.30. The Morgan fingerprint density at radius 2 is 2.04 bits per heavy atom. The molecule has 1 N–H and O–H groups in total. The van der Waals surface area contributed by atoms with Crippen LogP contribution in [0.15, 0.2) is 41.5 Å². The molecule has 4 rings (SSSR count). The van der Waals surface area contributed by atoms with Crippen molar-refractivity contribution in [3.05, 3.63) is 57.1 Å². The molecule has 1 unspecified atom stereocenters. The molecule has 2 heterocycles. The molecule has 140 valence electrons. The SMILES string of the molecule is O=c1c2cc(Cl)cc(Cl)c2ncn1CC(O)COc1ccc2c(c1)OCO2. The zero-order valence-electron chi connectivity index (χ0n) is 13.9. The molecular weight excluding hydrogens is 395 g/mol. The Morgan fingerprint density at radius 1 is 1.22 bits per heavy atom. The van der Waals surface area contributed by atoms with Gasteiger partial charge in [-0.15, -0.1) is 0 Å². The van der Waals surface area contributed by atoms with Crippen molar-refractivity contribution in [1.29, 1.82) is 0 Å². The van der Waals surface area contributed by atoms with Crippen molar-refractivity contribution >= 4 is 34.1 Å². The van der Waals surface area contributed by atoms with Crippen molar-refractivity contribution < 1.29 is 19.3 Å². The minimum atomic E-state index is -0.929. The molecule has 27 heavy (non-hydrogen) atoms. The average Bonchev–Trinajstić information content (AvgIpc) is 3.10. The maximum absolute atomic E-state index is 12.6. The highest BCUT2D eigenvalue weighted by atomic mass is 35.5. The van der Waals surface area contributed by atoms with E-state index in [1.807, 2.05) is 0 Å². The van der Waals surface area contributed by atoms with Crippen molar-refractivity contribution in [1.82, 2.24) is 9.55 Å². The van der Waals surface area contributed by atoms with Gasteiger partial charge in [-0.1, -0.05) is 23.2 Å². The average molecular weight is 409 g/mol. The molecule has 0 amide bonds. The highest BCUT2D eigenvalue weighted by Crippen LogP contribution is 2.35. The van der Waals surface area contributed by atoms with E-state index in [4.69, 9.17) is 37.4 Å². The van der Waals surface area contributed by atoms with E-state index < -0.39 is 6.10 Å². The van der Waals surface area contributed by atoms with Gasteiger partial charge < -0.3 is 19.3 Å². The minimum absolute atomic E-state index is 0.0104. The van der Waals surface area contributed by atoms with Crippen LogP contribution in [0.4, 0.5) is 0 Å². The third-order valence-electron chi connectivity index (χ3n) is 4.04. The number of aliphatic hydroxyl groups is 1. The molecule has 0 aliphatic carbocycles. The molecule has 2 aromatic carbocycles. The number of fused-ring (bicyclic) bond motifs is 2. The normalized spacial score (nSPS) is 13.7. The van der Waals surface area contributed by atoms with Gasteiger partial charge in [0.15, 0.2) is 11.5 Å². The van der Waals surface area contributed by atoms with Crippen molar-refractivity contribution in [3.63, 3.8) is 0 Å². The van der Waals surface area contributed by atoms with E-state index in [1.54, 1.807) is 18.2 Å². The Labute approximate surface area is 163 Å². The van der Waals surface area contributed by atoms with Gasteiger partial charge in [-0.3, -0.25) is 9.36 Å². The molecule has 0 spiro atoms. The Kier molecular flexibility index (Phi) is 4.82. The molecular formula is C18H14Cl2N2O5. The second-order valence-electron chi connectivity index (χ2n) is 5.97. The van der Waals surface area contributed by atoms with Gasteiger partial charge in [0, 0.05) is 11.1 Å². The van der Waals surface area contributed by atoms with Crippen LogP contribution in [0, 0.1) is 0 Å². The Bertz CT molecular complexity index is 1070. The van der Waals surface area contributed by atoms with E-state index in [1.165, 1.54) is 23.0 Å². The van der Waals surface area contributed by atoms with Crippen LogP contribution < -0.4 is 19.8 Å². The molecule has 1 aliphatic rings. The molecule has 1 aromatic heterocycles. The van der Waals surface area contributed by atoms with Crippen LogP contribution >= 0.6 is 23.2 Å². The smallest absolute Gasteiger partial charge is 0.261 e. The topological polar surface area (TPSA) is 82.8 Å². The molecule has 1 aliphatic heterocycles. The fourth-order valence-electron chi connectivity index (χ4n) is 2.76. The zero-order chi connectivity index (χ0) is 19.0. The molecule has 3 aromatic rings. The molecule has 0 fully saturated rings. The summed E-state index contributed by atoms with van der Waals surface area (Å²) in [5.41, 5.74) is 0.0277. The second kappa shape index (κ2) is 7.26. The van der Waals surface area contributed by atoms with Gasteiger partial charge in [0.2, 0.25) is 6.79 Å². The molecule has 1 atom stereocenters. The summed E-state index contributed by atoms with van der Waals surface area (Å²) in [5.74, 6) is 1.76. The van der Waals surface area contributed by atoms with Gasteiger partial charge in [0.25, 0.3) is 5.56 Å². The number of aromatic nitrogens is 2. The predicted molar refractivity (Wildman–Crippen MR) is 100 cm³/mol. The van der Waals surface area contributed by atoms with E-state index >= 15 is 0 Å². The monoisotopic (exact) mass is 408 g/mol. The molecule has 9 heteroatoms. The first-order valence-electron chi connectivity index (χ1n) is 8.06. The number of rotatable bonds is 5. The van der Waals surface area contributed by atoms with Gasteiger partial charge >= 0.3 is 0 Å². The van der Waals surface area contributed by atoms with Crippen molar-refractivity contribution in [3.8, 4) is 17.2 Å². The quantitative estimate of drug-likeness (QED) is 0.698. The van der Waals surface area contributed by atoms with Crippen LogP contribution in [-0.4, -0.2) is 34.2 Å². The fraction of sp³-hybridized carbons (Fsp3) is 0.222. The summed E-state index contributed by atoms with van der Waals surface area (Å²) in [7, 11) is 0. The molecule has 0 radical (unpaired) electrons. The standard InChI is InChI=1S/C18H14Cl2N2O5/c19-10-3-13-17(14(20)4-10)21-8-22(18(13)24)6-11(23)7-25-12-1-2-15-16(5-12)27-9-26-15/h1-5,8,11,23H,6-7,9H2. The number of nitrogens with zero attached hydrogens (tertiary/aromatic N) is 2. The summed E-state index contributed by atoms with van der Waals surface area (Å²) in [6, 6.07) is 8.16. The van der Waals surface area contributed by atoms with Crippen molar-refractivity contribution in [2.45, 2.75) is 12.6 Å². The third kappa shape index (κ3) is 3.66. The number of halogens is 2. The maximum atomic E-state index is 12.6. The number of hydrogen-bond donors (Lipinski definition) is 1. The van der Waals surface area contributed by atoms with Crippen LogP contribution in [0.5, 0.6) is 17.2 Å². The molecule has 0 bridgehead atoms. The maximum Gasteiger partial charge on any atom is 0.261 e. The van der Waals surface area contributed by atoms with Crippen LogP contribution in [0.2, 0.25) is 10.0 Å². The van der Waals surface area contributed by atoms with E-state index in [9.17, 15) is 9.90 Å². The number of benzene rings is 2. The Balaban J connectivity index is 1.47. The first-order valence-corrected chi connectivity index (χ1v) is 8.81. The van der Waals surface area contributed by atoms with Crippen LogP contribution in [0.1, 0.15) is 0 Å². The van der Waals surface area contributed by atoms with Gasteiger partial charge in [-0.25, -0.2) is 4.98 Å². The lowest BCUT2D eigenvalue weighted by Gasteiger charge is -2.14. The summed E-state index contributed by atoms with van der Waals surface area (Å²) in [6.45, 7) is 0.171. The highest BCUT2D eigenvalue weighted by molar-refractivity contribution is 6.38. The van der Waals surface area contributed by atoms with E-state index in [2.05, 4.69) is 4.98 Å². The first-order chi connectivity index (χ1) is 13.0. The zero-order valence-corrected chi connectivity index (χ0v) is 15.4. The van der Waals surface area contributed by atoms with E-state index in [-0.39, 0.29) is 25.5 Å². The van der Waals surface area contributed by atoms with E-state index in [0.29, 0.717) is 38.2 Å². The van der Waals surface area contributed by atoms with Crippen LogP contribution in [0.3, 0.4) is 0 Å². The third-order valence-corrected chi connectivity index (χ3v) is 4.55. The summed E-state index contributed by atoms with van der Waals surface area (Å²) in [5, 5.41) is 11.2. The molecule has 0 saturated carbocycles. The lowest BCUT2D eigenvalue weighted by atomic mass is 10.2. The lowest BCUT2D eigenvalue weighted by molar-refractivity contribution is 0.0913. The summed E-state index contributed by atoms with van der Waals surface area (Å²) in [6.07, 6.45) is 0.413. The number of aliphatic hydroxyl groups excluding tert-OH is 1. The number of ether oxygens (including phenoxy) is 3. The van der Waals surface area contributed by atoms with Gasteiger partial charge in [0.1, 0.15) is 18.5 Å². The van der Waals surface area contributed by atoms with Gasteiger partial charge in [-0.05, 0) is 24.3 Å². The van der Waals surface area contributed by atoms with Crippen LogP contribution in [-0.2, 0) is 6.54 Å². The van der Waals surface area contributed by atoms with Crippen molar-refractivity contribution in [2.75, 3.05) is 13.4 Å². The minimum Gasteiger partial charge on any atom is -0.491 e. The molecule has 0 saturated heterocycles. The van der Waals surface area contributed by atoms with E-state index in [0.717, 1.165) is 0 Å². The van der Waals surface area contributed by atoms with Gasteiger partial charge in [-0.2, -0.15) is 0 Å². The Morgan fingerprint density at radius 3 is 2.89 bits per heavy atom.